The molecule has 13 heavy (non-hydrogen) atoms. The summed E-state index contributed by atoms with van der Waals surface area (Å²) in [5.74, 6) is 0. The molecule has 2 nitrogen and oxygen atoms in total. The van der Waals surface area contributed by atoms with Crippen molar-refractivity contribution in [3.63, 3.8) is 0 Å². The van der Waals surface area contributed by atoms with Gasteiger partial charge in [-0.2, -0.15) is 5.24 Å². The average molecular weight is 348 g/mol. The third-order valence-corrected chi connectivity index (χ3v) is 3.13. The molecular weight excluding hydrogens is 336 g/mol. The van der Waals surface area contributed by atoms with Gasteiger partial charge in [0.05, 0.1) is 5.69 Å². The van der Waals surface area contributed by atoms with Gasteiger partial charge in [-0.05, 0) is 0 Å². The van der Waals surface area contributed by atoms with E-state index in [-0.39, 0.29) is 19.5 Å². The molecule has 76 valence electrons. The monoisotopic (exact) mass is 346 g/mol. The summed E-state index contributed by atoms with van der Waals surface area (Å²) >= 11 is 18.8. The average Bonchev–Trinajstić information content (AvgIpc) is 1.85. The first-order chi connectivity index (χ1) is 5.12. The summed E-state index contributed by atoms with van der Waals surface area (Å²) in [7, 11) is 2.91. The Balaban J connectivity index is -0.000000150. The fraction of sp³-hybridized carbons (Fsp3) is 1.00. The van der Waals surface area contributed by atoms with Crippen molar-refractivity contribution in [2.24, 2.45) is 0 Å². The van der Waals surface area contributed by atoms with Gasteiger partial charge in [-0.3, -0.25) is 0 Å². The molecule has 0 radical (unpaired) electrons. The summed E-state index contributed by atoms with van der Waals surface area (Å²) in [4.78, 5) is 0. The maximum absolute atomic E-state index is 4.75. The number of rotatable bonds is 2. The topological polar surface area (TPSA) is 18.5 Å². The molecule has 0 aromatic carbocycles. The second-order valence-corrected chi connectivity index (χ2v) is 15.9. The van der Waals surface area contributed by atoms with Gasteiger partial charge in [-0.15, -0.1) is 11.8 Å². The fourth-order valence-electron chi connectivity index (χ4n) is 0.0745. The van der Waals surface area contributed by atoms with Gasteiger partial charge in [-0.1, -0.05) is 25.1 Å². The third kappa shape index (κ3) is 31.3. The largest absolute Gasteiger partial charge is 2.00 e. The zero-order valence-electron chi connectivity index (χ0n) is 8.05. The summed E-state index contributed by atoms with van der Waals surface area (Å²) in [5.41, 5.74) is -2.24. The second-order valence-electron chi connectivity index (χ2n) is 2.06. The summed E-state index contributed by atoms with van der Waals surface area (Å²) in [5, 5.41) is -1.22. The molecule has 0 aliphatic heterocycles. The molecule has 0 fully saturated rings. The van der Waals surface area contributed by atoms with Crippen molar-refractivity contribution in [2.75, 3.05) is 27.5 Å². The first-order valence-corrected chi connectivity index (χ1v) is 11.2. The van der Waals surface area contributed by atoms with Crippen LogP contribution in [0.1, 0.15) is 0 Å². The molecule has 0 rings (SSSR count). The predicted octanol–water partition coefficient (Wildman–Crippen LogP) is 2.24. The minimum absolute atomic E-state index is 0. The molecule has 9 heteroatoms. The molecule has 0 aliphatic rings. The molecule has 0 heterocycles. The molecular formula is C4H12O2P2S4Zn. The van der Waals surface area contributed by atoms with Crippen LogP contribution < -0.4 is 0 Å². The van der Waals surface area contributed by atoms with Crippen LogP contribution in [0.15, 0.2) is 0 Å². The molecule has 0 bridgehead atoms. The Morgan fingerprint density at radius 3 is 1.15 bits per heavy atom. The minimum atomic E-state index is -2.24. The van der Waals surface area contributed by atoms with E-state index in [0.29, 0.717) is 0 Å². The molecule has 0 unspecified atom stereocenters. The zero-order valence-corrected chi connectivity index (χ0v) is 16.1. The Labute approximate surface area is 114 Å². The first kappa shape index (κ1) is 20.9. The van der Waals surface area contributed by atoms with Crippen molar-refractivity contribution in [3.05, 3.63) is 0 Å². The van der Waals surface area contributed by atoms with Crippen molar-refractivity contribution < 1.29 is 28.5 Å². The van der Waals surface area contributed by atoms with E-state index in [1.807, 2.05) is 13.3 Å². The predicted molar refractivity (Wildman–Crippen MR) is 69.2 cm³/mol. The van der Waals surface area contributed by atoms with E-state index in [1.54, 1.807) is 0 Å². The smallest absolute Gasteiger partial charge is 0.747 e. The summed E-state index contributed by atoms with van der Waals surface area (Å²) in [6.07, 6.45) is 0. The molecule has 0 spiro atoms. The van der Waals surface area contributed by atoms with E-state index in [9.17, 15) is 0 Å². The number of hydrogen-bond donors (Lipinski definition) is 0. The van der Waals surface area contributed by atoms with E-state index < -0.39 is 10.9 Å². The van der Waals surface area contributed by atoms with Gasteiger partial charge in [0.2, 0.25) is 0 Å². The molecule has 0 amide bonds. The van der Waals surface area contributed by atoms with Gasteiger partial charge < -0.3 is 33.5 Å². The quantitative estimate of drug-likeness (QED) is 0.430. The van der Waals surface area contributed by atoms with E-state index >= 15 is 0 Å². The molecule has 0 aliphatic carbocycles. The Morgan fingerprint density at radius 1 is 1.00 bits per heavy atom. The standard InChI is InChI=1S/C2H7O2PS2.C2H7PS2.Zn/c1-3-5(6,7)4-2;1-3(2,4)5;/h1-2H3,(H,6,7);1-2H3,(H,4,5);/q;;+2/p-2. The van der Waals surface area contributed by atoms with Gasteiger partial charge in [-0.25, -0.2) is 0 Å². The molecule has 0 saturated heterocycles. The fourth-order valence-corrected chi connectivity index (χ4v) is 0.224. The van der Waals surface area contributed by atoms with Gasteiger partial charge in [0.25, 0.3) is 0 Å². The van der Waals surface area contributed by atoms with Crippen molar-refractivity contribution in [1.82, 2.24) is 0 Å². The molecule has 0 aromatic heterocycles. The van der Waals surface area contributed by atoms with Crippen LogP contribution in [-0.4, -0.2) is 27.5 Å². The molecule has 0 atom stereocenters. The van der Waals surface area contributed by atoms with Crippen molar-refractivity contribution >= 4 is 59.0 Å². The van der Waals surface area contributed by atoms with Crippen LogP contribution in [0.3, 0.4) is 0 Å². The normalized spacial score (nSPS) is 10.9. The SMILES string of the molecule is COP(=S)([S-])OC.CP(C)(=S)[S-].[Zn+2]. The van der Waals surface area contributed by atoms with E-state index in [2.05, 4.69) is 33.1 Å². The zero-order chi connectivity index (χ0) is 10.4. The van der Waals surface area contributed by atoms with Crippen molar-refractivity contribution in [3.8, 4) is 0 Å². The summed E-state index contributed by atoms with van der Waals surface area (Å²) in [6, 6.07) is 0. The van der Waals surface area contributed by atoms with Crippen LogP contribution >= 0.6 is 10.9 Å². The summed E-state index contributed by atoms with van der Waals surface area (Å²) < 4.78 is 9.21. The van der Waals surface area contributed by atoms with Crippen LogP contribution in [0.5, 0.6) is 0 Å². The maximum Gasteiger partial charge on any atom is 2.00 e. The van der Waals surface area contributed by atoms with Crippen LogP contribution in [0.2, 0.25) is 0 Å². The van der Waals surface area contributed by atoms with E-state index in [4.69, 9.17) is 24.1 Å². The molecule has 0 saturated carbocycles. The van der Waals surface area contributed by atoms with Crippen molar-refractivity contribution in [2.45, 2.75) is 0 Å². The molecule has 0 aromatic rings. The summed E-state index contributed by atoms with van der Waals surface area (Å²) in [6.45, 7) is 3.86. The molecule has 0 N–H and O–H groups in total. The van der Waals surface area contributed by atoms with Crippen LogP contribution in [-0.2, 0) is 76.6 Å². The Bertz CT molecular complexity index is 190. The third-order valence-electron chi connectivity index (χ3n) is 0.447. The Kier molecular flexibility index (Phi) is 15.7. The van der Waals surface area contributed by atoms with Crippen LogP contribution in [0, 0.1) is 0 Å². The number of hydrogen-bond acceptors (Lipinski definition) is 6. The van der Waals surface area contributed by atoms with Gasteiger partial charge >= 0.3 is 19.5 Å². The van der Waals surface area contributed by atoms with Gasteiger partial charge in [0.1, 0.15) is 0 Å². The Hall–Kier alpha value is 2.54. The van der Waals surface area contributed by atoms with Gasteiger partial charge in [0, 0.05) is 14.2 Å². The van der Waals surface area contributed by atoms with E-state index in [0.717, 1.165) is 0 Å². The Morgan fingerprint density at radius 2 is 1.15 bits per heavy atom. The van der Waals surface area contributed by atoms with E-state index in [1.165, 1.54) is 14.2 Å². The maximum atomic E-state index is 4.75. The van der Waals surface area contributed by atoms with Crippen LogP contribution in [0.4, 0.5) is 0 Å². The van der Waals surface area contributed by atoms with Crippen LogP contribution in [0.25, 0.3) is 0 Å². The van der Waals surface area contributed by atoms with Crippen molar-refractivity contribution in [1.29, 1.82) is 0 Å². The van der Waals surface area contributed by atoms with Gasteiger partial charge in [0.15, 0.2) is 0 Å². The first-order valence-electron chi connectivity index (χ1n) is 2.81. The minimum Gasteiger partial charge on any atom is -0.747 e. The second kappa shape index (κ2) is 9.75.